The zero-order chi connectivity index (χ0) is 15.2. The molecule has 3 rings (SSSR count). The topological polar surface area (TPSA) is 51.7 Å². The predicted molar refractivity (Wildman–Crippen MR) is 109 cm³/mol. The van der Waals surface area contributed by atoms with Crippen molar-refractivity contribution < 1.29 is 4.79 Å². The third-order valence-electron chi connectivity index (χ3n) is 4.46. The summed E-state index contributed by atoms with van der Waals surface area (Å²) in [7, 11) is 0. The molecule has 0 spiro atoms. The van der Waals surface area contributed by atoms with E-state index in [0.29, 0.717) is 12.3 Å². The third kappa shape index (κ3) is 7.15. The second-order valence-corrected chi connectivity index (χ2v) is 5.90. The number of amides is 1. The number of hydrogen-bond acceptors (Lipinski definition) is 5. The minimum atomic E-state index is 0. The Balaban J connectivity index is 0.00000192. The van der Waals surface area contributed by atoms with Gasteiger partial charge in [0.2, 0.25) is 5.91 Å². The number of hydrogen-bond donors (Lipinski definition) is 1. The summed E-state index contributed by atoms with van der Waals surface area (Å²) >= 11 is 0. The molecule has 3 heterocycles. The van der Waals surface area contributed by atoms with Gasteiger partial charge in [-0.15, -0.1) is 37.2 Å². The smallest absolute Gasteiger partial charge is 0.223 e. The first-order valence-electron chi connectivity index (χ1n) is 8.20. The molecule has 2 aliphatic rings. The van der Waals surface area contributed by atoms with Gasteiger partial charge in [0, 0.05) is 71.5 Å². The van der Waals surface area contributed by atoms with Gasteiger partial charge in [0.1, 0.15) is 5.82 Å². The van der Waals surface area contributed by atoms with E-state index in [9.17, 15) is 4.79 Å². The number of nitrogens with zero attached hydrogens (tertiary/aromatic N) is 4. The van der Waals surface area contributed by atoms with Gasteiger partial charge in [-0.25, -0.2) is 4.98 Å². The molecular formula is C16H28Cl3N5O. The van der Waals surface area contributed by atoms with Crippen LogP contribution in [0.1, 0.15) is 6.42 Å². The number of rotatable bonds is 4. The van der Waals surface area contributed by atoms with E-state index in [2.05, 4.69) is 20.1 Å². The summed E-state index contributed by atoms with van der Waals surface area (Å²) in [6.45, 7) is 8.43. The summed E-state index contributed by atoms with van der Waals surface area (Å²) in [5.41, 5.74) is 0. The van der Waals surface area contributed by atoms with E-state index >= 15 is 0 Å². The fourth-order valence-electron chi connectivity index (χ4n) is 3.07. The molecule has 144 valence electrons. The third-order valence-corrected chi connectivity index (χ3v) is 4.46. The average Bonchev–Trinajstić information content (AvgIpc) is 2.61. The molecule has 25 heavy (non-hydrogen) atoms. The van der Waals surface area contributed by atoms with E-state index in [1.165, 1.54) is 0 Å². The molecule has 2 fully saturated rings. The SMILES string of the molecule is Cl.Cl.Cl.O=C(CCN1CCNCC1)N1CCN(c2ccccn2)CC1. The molecule has 1 amide bonds. The van der Waals surface area contributed by atoms with E-state index < -0.39 is 0 Å². The second-order valence-electron chi connectivity index (χ2n) is 5.90. The molecule has 1 aromatic rings. The molecule has 9 heteroatoms. The molecule has 1 N–H and O–H groups in total. The number of pyridine rings is 1. The van der Waals surface area contributed by atoms with Crippen LogP contribution in [-0.4, -0.2) is 79.6 Å². The van der Waals surface area contributed by atoms with Gasteiger partial charge < -0.3 is 20.0 Å². The fraction of sp³-hybridized carbons (Fsp3) is 0.625. The molecular weight excluding hydrogens is 385 g/mol. The Morgan fingerprint density at radius 1 is 1.00 bits per heavy atom. The number of anilines is 1. The largest absolute Gasteiger partial charge is 0.353 e. The van der Waals surface area contributed by atoms with E-state index in [0.717, 1.165) is 64.7 Å². The number of carbonyl (C=O) groups excluding carboxylic acids is 1. The minimum absolute atomic E-state index is 0. The number of piperazine rings is 2. The quantitative estimate of drug-likeness (QED) is 0.807. The van der Waals surface area contributed by atoms with Crippen molar-refractivity contribution in [3.63, 3.8) is 0 Å². The van der Waals surface area contributed by atoms with Crippen molar-refractivity contribution in [1.29, 1.82) is 0 Å². The molecule has 2 saturated heterocycles. The Morgan fingerprint density at radius 2 is 1.68 bits per heavy atom. The van der Waals surface area contributed by atoms with Crippen LogP contribution in [0.2, 0.25) is 0 Å². The van der Waals surface area contributed by atoms with Crippen LogP contribution < -0.4 is 10.2 Å². The van der Waals surface area contributed by atoms with E-state index in [1.807, 2.05) is 29.3 Å². The number of nitrogens with one attached hydrogen (secondary N) is 1. The fourth-order valence-corrected chi connectivity index (χ4v) is 3.07. The molecule has 0 radical (unpaired) electrons. The van der Waals surface area contributed by atoms with Crippen LogP contribution in [0.5, 0.6) is 0 Å². The van der Waals surface area contributed by atoms with Gasteiger partial charge in [0.25, 0.3) is 0 Å². The van der Waals surface area contributed by atoms with Crippen molar-refractivity contribution in [3.8, 4) is 0 Å². The van der Waals surface area contributed by atoms with Crippen molar-refractivity contribution in [1.82, 2.24) is 20.1 Å². The van der Waals surface area contributed by atoms with Crippen molar-refractivity contribution >= 4 is 48.9 Å². The van der Waals surface area contributed by atoms with Crippen molar-refractivity contribution in [2.24, 2.45) is 0 Å². The van der Waals surface area contributed by atoms with Crippen molar-refractivity contribution in [2.75, 3.05) is 63.8 Å². The van der Waals surface area contributed by atoms with Crippen molar-refractivity contribution in [2.45, 2.75) is 6.42 Å². The van der Waals surface area contributed by atoms with E-state index in [4.69, 9.17) is 0 Å². The van der Waals surface area contributed by atoms with Gasteiger partial charge in [-0.1, -0.05) is 6.07 Å². The first-order valence-corrected chi connectivity index (χ1v) is 8.20. The Labute approximate surface area is 168 Å². The van der Waals surface area contributed by atoms with Crippen LogP contribution in [0.3, 0.4) is 0 Å². The van der Waals surface area contributed by atoms with Crippen LogP contribution in [0.15, 0.2) is 24.4 Å². The van der Waals surface area contributed by atoms with Crippen LogP contribution in [-0.2, 0) is 4.79 Å². The Kier molecular flexibility index (Phi) is 12.1. The highest BCUT2D eigenvalue weighted by atomic mass is 35.5. The monoisotopic (exact) mass is 411 g/mol. The van der Waals surface area contributed by atoms with E-state index in [-0.39, 0.29) is 37.2 Å². The van der Waals surface area contributed by atoms with Gasteiger partial charge in [-0.05, 0) is 12.1 Å². The van der Waals surface area contributed by atoms with Crippen LogP contribution in [0.25, 0.3) is 0 Å². The number of halogens is 3. The van der Waals surface area contributed by atoms with Gasteiger partial charge in [0.15, 0.2) is 0 Å². The summed E-state index contributed by atoms with van der Waals surface area (Å²) in [5.74, 6) is 1.30. The van der Waals surface area contributed by atoms with Gasteiger partial charge in [0.05, 0.1) is 0 Å². The molecule has 0 atom stereocenters. The van der Waals surface area contributed by atoms with Crippen LogP contribution in [0.4, 0.5) is 5.82 Å². The Hall–Kier alpha value is -0.790. The van der Waals surface area contributed by atoms with Gasteiger partial charge in [-0.2, -0.15) is 0 Å². The van der Waals surface area contributed by atoms with Gasteiger partial charge in [-0.3, -0.25) is 4.79 Å². The molecule has 0 aromatic carbocycles. The maximum absolute atomic E-state index is 12.3. The molecule has 0 unspecified atom stereocenters. The maximum atomic E-state index is 12.3. The standard InChI is InChI=1S/C16H25N5O.3ClH/c22-16(4-8-19-9-6-17-7-10-19)21-13-11-20(12-14-21)15-3-1-2-5-18-15;;;/h1-3,5,17H,4,6-14H2;3*1H. The lowest BCUT2D eigenvalue weighted by Crippen LogP contribution is -2.50. The van der Waals surface area contributed by atoms with Crippen LogP contribution in [0, 0.1) is 0 Å². The highest BCUT2D eigenvalue weighted by molar-refractivity contribution is 5.86. The lowest BCUT2D eigenvalue weighted by Gasteiger charge is -2.36. The summed E-state index contributed by atoms with van der Waals surface area (Å²) in [5, 5.41) is 3.34. The molecule has 1 aromatic heterocycles. The average molecular weight is 413 g/mol. The lowest BCUT2D eigenvalue weighted by molar-refractivity contribution is -0.131. The number of carbonyl (C=O) groups is 1. The minimum Gasteiger partial charge on any atom is -0.353 e. The summed E-state index contributed by atoms with van der Waals surface area (Å²) < 4.78 is 0. The maximum Gasteiger partial charge on any atom is 0.223 e. The normalized spacial score (nSPS) is 17.8. The first kappa shape index (κ1) is 24.2. The number of aromatic nitrogens is 1. The Bertz CT molecular complexity index is 480. The highest BCUT2D eigenvalue weighted by Crippen LogP contribution is 2.13. The second kappa shape index (κ2) is 12.5. The Morgan fingerprint density at radius 3 is 2.28 bits per heavy atom. The van der Waals surface area contributed by atoms with Gasteiger partial charge >= 0.3 is 0 Å². The zero-order valence-electron chi connectivity index (χ0n) is 14.3. The molecule has 6 nitrogen and oxygen atoms in total. The molecule has 0 bridgehead atoms. The first-order chi connectivity index (χ1) is 10.8. The summed E-state index contributed by atoms with van der Waals surface area (Å²) in [6.07, 6.45) is 2.46. The van der Waals surface area contributed by atoms with E-state index in [1.54, 1.807) is 0 Å². The predicted octanol–water partition coefficient (Wildman–Crippen LogP) is 1.29. The molecule has 0 aliphatic carbocycles. The zero-order valence-corrected chi connectivity index (χ0v) is 16.8. The molecule has 0 saturated carbocycles. The van der Waals surface area contributed by atoms with Crippen LogP contribution >= 0.6 is 37.2 Å². The van der Waals surface area contributed by atoms with Crippen molar-refractivity contribution in [3.05, 3.63) is 24.4 Å². The highest BCUT2D eigenvalue weighted by Gasteiger charge is 2.22. The molecule has 2 aliphatic heterocycles. The summed E-state index contributed by atoms with van der Waals surface area (Å²) in [6, 6.07) is 5.97. The summed E-state index contributed by atoms with van der Waals surface area (Å²) in [4.78, 5) is 23.3. The lowest BCUT2D eigenvalue weighted by atomic mass is 10.2.